The molecule has 11 heteroatoms. The number of nitrogens with zero attached hydrogens (tertiary/aromatic N) is 3. The summed E-state index contributed by atoms with van der Waals surface area (Å²) in [4.78, 5) is 20.1. The number of sulfone groups is 1. The van der Waals surface area contributed by atoms with Crippen molar-refractivity contribution in [2.75, 3.05) is 28.7 Å². The zero-order chi connectivity index (χ0) is 23.8. The molecular formula is C23H20ClF2N3O3S2. The van der Waals surface area contributed by atoms with Gasteiger partial charge in [0, 0.05) is 52.4 Å². The average molecular weight is 524 g/mol. The predicted molar refractivity (Wildman–Crippen MR) is 130 cm³/mol. The Morgan fingerprint density at radius 2 is 1.97 bits per heavy atom. The minimum absolute atomic E-state index is 0.00263. The molecule has 0 unspecified atom stereocenters. The van der Waals surface area contributed by atoms with Crippen LogP contribution < -0.4 is 10.6 Å². The summed E-state index contributed by atoms with van der Waals surface area (Å²) in [6.07, 6.45) is 1.63. The summed E-state index contributed by atoms with van der Waals surface area (Å²) >= 11 is 8.18. The number of piperidine rings is 1. The normalized spacial score (nSPS) is 23.3. The van der Waals surface area contributed by atoms with Crippen LogP contribution in [0.15, 0.2) is 34.0 Å². The van der Waals surface area contributed by atoms with Gasteiger partial charge in [0.1, 0.15) is 17.5 Å². The van der Waals surface area contributed by atoms with Gasteiger partial charge in [-0.05, 0) is 37.0 Å². The molecule has 0 radical (unpaired) electrons. The number of fused-ring (bicyclic) bond motifs is 1. The van der Waals surface area contributed by atoms with Gasteiger partial charge in [0.25, 0.3) is 0 Å². The van der Waals surface area contributed by atoms with Crippen LogP contribution >= 0.6 is 23.4 Å². The van der Waals surface area contributed by atoms with Crippen LogP contribution in [0.2, 0.25) is 5.02 Å². The molecule has 0 aliphatic carbocycles. The summed E-state index contributed by atoms with van der Waals surface area (Å²) in [7, 11) is -3.16. The van der Waals surface area contributed by atoms with Crippen molar-refractivity contribution >= 4 is 49.9 Å². The van der Waals surface area contributed by atoms with Gasteiger partial charge in [-0.25, -0.2) is 22.0 Å². The number of hydrogen-bond donors (Lipinski definition) is 0. The first-order chi connectivity index (χ1) is 16.2. The zero-order valence-corrected chi connectivity index (χ0v) is 20.3. The van der Waals surface area contributed by atoms with E-state index < -0.39 is 27.2 Å². The summed E-state index contributed by atoms with van der Waals surface area (Å²) in [5.41, 5.74) is 0.758. The van der Waals surface area contributed by atoms with E-state index in [9.17, 15) is 22.0 Å². The standard InChI is InChI=1S/C23H20ClF2N3O3S2/c24-16-9-15-20-21(19(16)14-4-3-13(25)8-17(14)26)33-7-6-29(20)23(30)27-22(15)28-5-1-2-12-10-34(31,32)11-18(12)28/h3-4,8-9,12,18H,1-2,5-7,10-11H2/t12-,18+/m1/s1. The Morgan fingerprint density at radius 3 is 2.76 bits per heavy atom. The molecule has 6 nitrogen and oxygen atoms in total. The fourth-order valence-electron chi connectivity index (χ4n) is 5.59. The van der Waals surface area contributed by atoms with E-state index in [2.05, 4.69) is 4.98 Å². The highest BCUT2D eigenvalue weighted by molar-refractivity contribution is 7.99. The van der Waals surface area contributed by atoms with Crippen molar-refractivity contribution in [1.29, 1.82) is 0 Å². The van der Waals surface area contributed by atoms with Crippen molar-refractivity contribution in [3.05, 3.63) is 51.4 Å². The van der Waals surface area contributed by atoms with E-state index in [1.54, 1.807) is 10.6 Å². The Morgan fingerprint density at radius 1 is 1.15 bits per heavy atom. The Balaban J connectivity index is 1.62. The van der Waals surface area contributed by atoms with Crippen LogP contribution in [0.25, 0.3) is 22.0 Å². The van der Waals surface area contributed by atoms with Gasteiger partial charge in [-0.15, -0.1) is 11.8 Å². The SMILES string of the molecule is O=c1nc(N2CCC[C@@H]3CS(=O)(=O)C[C@@H]32)c2cc(Cl)c(-c3ccc(F)cc3F)c3c2n1CCS3. The molecule has 2 atom stereocenters. The predicted octanol–water partition coefficient (Wildman–Crippen LogP) is 4.11. The maximum atomic E-state index is 14.8. The third kappa shape index (κ3) is 3.45. The Labute approximate surface area is 203 Å². The fraction of sp³-hybridized carbons (Fsp3) is 0.391. The first-order valence-electron chi connectivity index (χ1n) is 11.1. The molecule has 4 heterocycles. The number of aryl methyl sites for hydroxylation is 1. The maximum Gasteiger partial charge on any atom is 0.350 e. The second-order valence-electron chi connectivity index (χ2n) is 9.04. The minimum Gasteiger partial charge on any atom is -0.352 e. The fourth-order valence-corrected chi connectivity index (χ4v) is 9.30. The summed E-state index contributed by atoms with van der Waals surface area (Å²) in [5, 5.41) is 0.909. The summed E-state index contributed by atoms with van der Waals surface area (Å²) in [6, 6.07) is 4.79. The smallest absolute Gasteiger partial charge is 0.350 e. The molecule has 3 aromatic rings. The van der Waals surface area contributed by atoms with Crippen LogP contribution in [0.4, 0.5) is 14.6 Å². The van der Waals surface area contributed by atoms with Gasteiger partial charge in [-0.3, -0.25) is 4.57 Å². The number of halogens is 3. The first kappa shape index (κ1) is 22.3. The number of anilines is 1. The van der Waals surface area contributed by atoms with Crippen LogP contribution in [0, 0.1) is 17.6 Å². The van der Waals surface area contributed by atoms with Gasteiger partial charge in [-0.1, -0.05) is 11.6 Å². The third-order valence-corrected chi connectivity index (χ3v) is 10.2. The molecule has 178 valence electrons. The molecule has 2 fully saturated rings. The van der Waals surface area contributed by atoms with Crippen molar-refractivity contribution < 1.29 is 17.2 Å². The number of benzene rings is 2. The van der Waals surface area contributed by atoms with Gasteiger partial charge in [-0.2, -0.15) is 4.98 Å². The van der Waals surface area contributed by atoms with E-state index in [1.165, 1.54) is 23.9 Å². The highest BCUT2D eigenvalue weighted by Gasteiger charge is 2.44. The molecule has 0 N–H and O–H groups in total. The highest BCUT2D eigenvalue weighted by atomic mass is 35.5. The molecule has 2 aromatic carbocycles. The highest BCUT2D eigenvalue weighted by Crippen LogP contribution is 2.47. The Kier molecular flexibility index (Phi) is 5.20. The van der Waals surface area contributed by atoms with Gasteiger partial charge in [0.05, 0.1) is 22.0 Å². The van der Waals surface area contributed by atoms with Gasteiger partial charge in [0.2, 0.25) is 0 Å². The molecule has 3 aliphatic rings. The van der Waals surface area contributed by atoms with Crippen molar-refractivity contribution in [1.82, 2.24) is 9.55 Å². The van der Waals surface area contributed by atoms with Crippen molar-refractivity contribution in [2.24, 2.45) is 5.92 Å². The minimum atomic E-state index is -3.16. The molecule has 0 bridgehead atoms. The lowest BCUT2D eigenvalue weighted by Gasteiger charge is -2.38. The van der Waals surface area contributed by atoms with Crippen LogP contribution in [0.3, 0.4) is 0 Å². The zero-order valence-electron chi connectivity index (χ0n) is 17.9. The molecule has 2 saturated heterocycles. The second-order valence-corrected chi connectivity index (χ2v) is 12.7. The van der Waals surface area contributed by atoms with E-state index in [-0.39, 0.29) is 34.1 Å². The molecule has 0 spiro atoms. The lowest BCUT2D eigenvalue weighted by Crippen LogP contribution is -2.46. The number of thioether (sulfide) groups is 1. The molecule has 6 rings (SSSR count). The van der Waals surface area contributed by atoms with Gasteiger partial charge < -0.3 is 4.90 Å². The largest absolute Gasteiger partial charge is 0.352 e. The van der Waals surface area contributed by atoms with E-state index in [1.807, 2.05) is 4.90 Å². The Hall–Kier alpha value is -2.17. The number of rotatable bonds is 2. The quantitative estimate of drug-likeness (QED) is 0.503. The van der Waals surface area contributed by atoms with Crippen LogP contribution in [-0.2, 0) is 16.4 Å². The maximum absolute atomic E-state index is 14.8. The first-order valence-corrected chi connectivity index (χ1v) is 14.2. The van der Waals surface area contributed by atoms with Crippen molar-refractivity contribution in [2.45, 2.75) is 30.3 Å². The monoisotopic (exact) mass is 523 g/mol. The molecular weight excluding hydrogens is 504 g/mol. The summed E-state index contributed by atoms with van der Waals surface area (Å²) < 4.78 is 54.7. The second kappa shape index (κ2) is 7.93. The molecule has 0 saturated carbocycles. The topological polar surface area (TPSA) is 72.3 Å². The van der Waals surface area contributed by atoms with E-state index in [4.69, 9.17) is 11.6 Å². The lowest BCUT2D eigenvalue weighted by atomic mass is 9.91. The number of hydrogen-bond acceptors (Lipinski definition) is 6. The van der Waals surface area contributed by atoms with Crippen LogP contribution in [0.1, 0.15) is 12.8 Å². The molecule has 0 amide bonds. The van der Waals surface area contributed by atoms with E-state index in [0.29, 0.717) is 46.0 Å². The Bertz CT molecular complexity index is 1530. The van der Waals surface area contributed by atoms with Gasteiger partial charge >= 0.3 is 5.69 Å². The van der Waals surface area contributed by atoms with Crippen molar-refractivity contribution in [3.8, 4) is 11.1 Å². The van der Waals surface area contributed by atoms with E-state index >= 15 is 0 Å². The van der Waals surface area contributed by atoms with Crippen LogP contribution in [-0.4, -0.2) is 47.8 Å². The molecule has 34 heavy (non-hydrogen) atoms. The van der Waals surface area contributed by atoms with E-state index in [0.717, 1.165) is 18.9 Å². The third-order valence-electron chi connectivity index (χ3n) is 7.00. The average Bonchev–Trinajstić information content (AvgIpc) is 3.11. The summed E-state index contributed by atoms with van der Waals surface area (Å²) in [6.45, 7) is 1.03. The molecule has 1 aromatic heterocycles. The van der Waals surface area contributed by atoms with Crippen LogP contribution in [0.5, 0.6) is 0 Å². The molecule has 3 aliphatic heterocycles. The summed E-state index contributed by atoms with van der Waals surface area (Å²) in [5.74, 6) is -0.221. The lowest BCUT2D eigenvalue weighted by molar-refractivity contribution is 0.384. The van der Waals surface area contributed by atoms with Gasteiger partial charge in [0.15, 0.2) is 9.84 Å². The number of aromatic nitrogens is 2. The van der Waals surface area contributed by atoms with Crippen molar-refractivity contribution in [3.63, 3.8) is 0 Å².